The molecule has 0 radical (unpaired) electrons. The summed E-state index contributed by atoms with van der Waals surface area (Å²) in [6, 6.07) is 10.8. The van der Waals surface area contributed by atoms with Crippen LogP contribution in [0.3, 0.4) is 0 Å². The molecule has 0 fully saturated rings. The minimum absolute atomic E-state index is 0.0149. The lowest BCUT2D eigenvalue weighted by Crippen LogP contribution is -2.48. The molecule has 0 spiro atoms. The molecule has 5 atom stereocenters. The van der Waals surface area contributed by atoms with Crippen LogP contribution < -0.4 is 73.3 Å². The van der Waals surface area contributed by atoms with E-state index in [4.69, 9.17) is 18.9 Å². The second kappa shape index (κ2) is 53.0. The van der Waals surface area contributed by atoms with E-state index >= 15 is 0 Å². The van der Waals surface area contributed by atoms with Crippen LogP contribution in [-0.2, 0) is 52.5 Å². The first kappa shape index (κ1) is 92.5. The number of unbranched alkanes of at least 4 members (excludes halogenated alkanes) is 3. The molecule has 2 aromatic carbocycles. The highest BCUT2D eigenvalue weighted by Crippen LogP contribution is 2.29. The summed E-state index contributed by atoms with van der Waals surface area (Å²) >= 11 is 0. The fourth-order valence-electron chi connectivity index (χ4n) is 10.4. The number of benzene rings is 2. The summed E-state index contributed by atoms with van der Waals surface area (Å²) in [5.74, 6) is -5.42. The number of pyridine rings is 2. The zero-order valence-corrected chi connectivity index (χ0v) is 61.7. The van der Waals surface area contributed by atoms with E-state index in [2.05, 4.69) is 83.2 Å². The summed E-state index contributed by atoms with van der Waals surface area (Å²) in [7, 11) is 0. The number of rotatable bonds is 58. The van der Waals surface area contributed by atoms with Gasteiger partial charge in [-0.25, -0.2) is 19.6 Å². The molecule has 110 heavy (non-hydrogen) atoms. The van der Waals surface area contributed by atoms with Crippen LogP contribution in [0, 0.1) is 13.8 Å². The molecule has 0 aliphatic rings. The molecule has 4 aromatic rings. The zero-order chi connectivity index (χ0) is 80.4. The van der Waals surface area contributed by atoms with E-state index < -0.39 is 115 Å². The van der Waals surface area contributed by atoms with E-state index in [0.717, 1.165) is 35.4 Å². The molecule has 3 unspecified atom stereocenters. The smallest absolute Gasteiger partial charge is 0.481 e. The van der Waals surface area contributed by atoms with Crippen molar-refractivity contribution in [3.63, 3.8) is 0 Å². The molecule has 15 N–H and O–H groups in total. The Balaban J connectivity index is 0.980. The van der Waals surface area contributed by atoms with Crippen LogP contribution in [-0.4, -0.2) is 215 Å². The van der Waals surface area contributed by atoms with Gasteiger partial charge in [-0.2, -0.15) is 0 Å². The molecule has 0 saturated heterocycles. The number of aliphatic hydroxyl groups excluding tert-OH is 1. The number of aliphatic carboxylic acids is 2. The Morgan fingerprint density at radius 1 is 0.427 bits per heavy atom. The molecular weight excluding hydrogens is 1460 g/mol. The Kier molecular flexibility index (Phi) is 44.6. The van der Waals surface area contributed by atoms with Crippen molar-refractivity contribution >= 4 is 65.2 Å². The van der Waals surface area contributed by atoms with Gasteiger partial charge in [0, 0.05) is 83.9 Å². The molecule has 4 rings (SSSR count). The summed E-state index contributed by atoms with van der Waals surface area (Å²) in [6.07, 6.45) is -5.14. The van der Waals surface area contributed by atoms with Gasteiger partial charge in [-0.15, -0.1) is 26.3 Å². The summed E-state index contributed by atoms with van der Waals surface area (Å²) in [5.41, 5.74) is 2.04. The molecule has 612 valence electrons. The van der Waals surface area contributed by atoms with Crippen molar-refractivity contribution in [1.82, 2.24) is 63.1 Å². The zero-order valence-electron chi connectivity index (χ0n) is 61.7. The first-order chi connectivity index (χ1) is 52.6. The lowest BCUT2D eigenvalue weighted by molar-refractivity contribution is -0.275. The van der Waals surface area contributed by atoms with Crippen molar-refractivity contribution in [2.45, 2.75) is 160 Å². The number of aromatic nitrogens is 2. The van der Waals surface area contributed by atoms with Crippen LogP contribution in [0.25, 0.3) is 0 Å². The first-order valence-electron chi connectivity index (χ1n) is 36.3. The monoisotopic (exact) mass is 1570 g/mol. The Morgan fingerprint density at radius 2 is 0.836 bits per heavy atom. The topological polar surface area (TPSA) is 440 Å². The molecule has 0 saturated carbocycles. The third-order valence-corrected chi connectivity index (χ3v) is 15.8. The summed E-state index contributed by atoms with van der Waals surface area (Å²) < 4.78 is 108. The number of anilines is 2. The standard InChI is InChI=1S/C72H104F6N14O18/c1-49-21-31-81-59(43-49)79-29-11-19-63(95)89-55(67(101)91-57(47-65(97)98)51-13-9-15-53(45-51)109-71(73,74)75)17-3-5-25-83-61(93)23-35-105-39-41-107-37-33-87-69(103)85-27-7-8-28-86-70(104)88-34-38-108-42-40-106-36-24-62(94)84-26-6-4-18-56(90-64(96)20-12-30-80-60-44-50(2)22-32-82-60)68(102)92-58(48-66(99)100)52-14-10-16-54(46-52)110-72(76,77)78/h9-10,13-16,21-22,31-32,43-46,55-58,61,83,93H,3-8,11-12,17-20,23-30,33-42,47-48H2,1-2H3,(H,79,81)(H,80,82)(H,84,94)(H,89,95)(H,90,96)(H,91,101)(H,92,102)(H,97,98)(H,99,100)(H2,85,87,103)(H2,86,88,104)/t55-,56-,57?,58?,61?/m0/s1. The van der Waals surface area contributed by atoms with Crippen molar-refractivity contribution in [3.8, 4) is 11.5 Å². The molecule has 2 heterocycles. The van der Waals surface area contributed by atoms with Gasteiger partial charge >= 0.3 is 36.7 Å². The minimum atomic E-state index is -5.02. The molecule has 2 aromatic heterocycles. The number of aliphatic hydroxyl groups is 1. The van der Waals surface area contributed by atoms with E-state index in [-0.39, 0.29) is 128 Å². The van der Waals surface area contributed by atoms with E-state index in [9.17, 15) is 84.8 Å². The average molecular weight is 1570 g/mol. The Labute approximate surface area is 633 Å². The molecule has 0 aliphatic heterocycles. The van der Waals surface area contributed by atoms with Crippen molar-refractivity contribution in [1.29, 1.82) is 0 Å². The number of carbonyl (C=O) groups is 9. The Bertz CT molecular complexity index is 3430. The van der Waals surface area contributed by atoms with Gasteiger partial charge in [0.15, 0.2) is 0 Å². The highest BCUT2D eigenvalue weighted by Gasteiger charge is 2.34. The maximum absolute atomic E-state index is 13.7. The number of hydrogen-bond acceptors (Lipinski definition) is 21. The molecule has 32 nitrogen and oxygen atoms in total. The second-order valence-electron chi connectivity index (χ2n) is 25.2. The third-order valence-electron chi connectivity index (χ3n) is 15.8. The first-order valence-corrected chi connectivity index (χ1v) is 36.3. The van der Waals surface area contributed by atoms with Crippen LogP contribution in [0.15, 0.2) is 85.2 Å². The number of nitrogens with zero attached hydrogens (tertiary/aromatic N) is 2. The normalized spacial score (nSPS) is 12.7. The summed E-state index contributed by atoms with van der Waals surface area (Å²) in [6.45, 7) is 7.78. The predicted molar refractivity (Wildman–Crippen MR) is 389 cm³/mol. The van der Waals surface area contributed by atoms with Gasteiger partial charge in [0.05, 0.1) is 77.8 Å². The highest BCUT2D eigenvalue weighted by molar-refractivity contribution is 5.89. The number of nitrogens with one attached hydrogen (secondary N) is 12. The fraction of sp³-hybridized carbons (Fsp3) is 0.569. The van der Waals surface area contributed by atoms with Crippen molar-refractivity contribution in [2.24, 2.45) is 0 Å². The number of hydrogen-bond donors (Lipinski definition) is 15. The predicted octanol–water partition coefficient (Wildman–Crippen LogP) is 6.20. The number of carboxylic acids is 2. The fourth-order valence-corrected chi connectivity index (χ4v) is 10.4. The van der Waals surface area contributed by atoms with Crippen LogP contribution in [0.4, 0.5) is 47.6 Å². The molecular formula is C72H104F6N14O18. The van der Waals surface area contributed by atoms with Gasteiger partial charge in [-0.3, -0.25) is 38.9 Å². The van der Waals surface area contributed by atoms with Crippen molar-refractivity contribution < 1.29 is 113 Å². The Morgan fingerprint density at radius 3 is 1.27 bits per heavy atom. The van der Waals surface area contributed by atoms with E-state index in [0.29, 0.717) is 95.7 Å². The number of carbonyl (C=O) groups excluding carboxylic acids is 7. The van der Waals surface area contributed by atoms with Gasteiger partial charge in [-0.05, 0) is 155 Å². The molecule has 9 amide bonds. The van der Waals surface area contributed by atoms with Gasteiger partial charge in [0.25, 0.3) is 0 Å². The third kappa shape index (κ3) is 45.2. The minimum Gasteiger partial charge on any atom is -0.481 e. The lowest BCUT2D eigenvalue weighted by Gasteiger charge is -2.24. The molecule has 0 aliphatic carbocycles. The largest absolute Gasteiger partial charge is 0.573 e. The lowest BCUT2D eigenvalue weighted by atomic mass is 10.0. The van der Waals surface area contributed by atoms with Gasteiger partial charge in [0.1, 0.15) is 41.4 Å². The van der Waals surface area contributed by atoms with Gasteiger partial charge in [0.2, 0.25) is 29.5 Å². The number of alkyl halides is 6. The number of urea groups is 2. The van der Waals surface area contributed by atoms with E-state index in [1.807, 2.05) is 38.1 Å². The van der Waals surface area contributed by atoms with E-state index in [1.54, 1.807) is 12.4 Å². The number of ether oxygens (including phenoxy) is 6. The molecule has 38 heteroatoms. The molecule has 0 bridgehead atoms. The van der Waals surface area contributed by atoms with Crippen LogP contribution in [0.5, 0.6) is 11.5 Å². The maximum atomic E-state index is 13.7. The summed E-state index contributed by atoms with van der Waals surface area (Å²) in [5, 5.41) is 63.0. The average Bonchev–Trinajstić information content (AvgIpc) is 0.851. The number of carboxylic acid groups (broad SMARTS) is 2. The Hall–Kier alpha value is -9.89. The van der Waals surface area contributed by atoms with Gasteiger partial charge in [-0.1, -0.05) is 24.3 Å². The van der Waals surface area contributed by atoms with Crippen LogP contribution in [0.2, 0.25) is 0 Å². The quantitative estimate of drug-likeness (QED) is 0.0133. The SMILES string of the molecule is Cc1ccnc(NCCCC(=O)N[C@@H](CCCCNC(=O)CCOCCOCCNC(=O)NCCCCNC(=O)NCCOCCOCCC(O)NCCCC[C@H](NC(=O)CCCNc2cc(C)ccn2)C(=O)NC(CC(=O)O)c2cccc(OC(F)(F)F)c2)C(=O)NC(CC(=O)O)c2cccc(OC(F)(F)F)c2)c1. The second-order valence-corrected chi connectivity index (χ2v) is 25.2. The maximum Gasteiger partial charge on any atom is 0.573 e. The van der Waals surface area contributed by atoms with Crippen LogP contribution in [0.1, 0.15) is 137 Å². The number of halogens is 6. The van der Waals surface area contributed by atoms with Crippen molar-refractivity contribution in [2.75, 3.05) is 116 Å². The number of aryl methyl sites for hydroxylation is 2. The number of amides is 9. The van der Waals surface area contributed by atoms with E-state index in [1.165, 1.54) is 24.3 Å². The van der Waals surface area contributed by atoms with Gasteiger partial charge < -0.3 is 102 Å². The van der Waals surface area contributed by atoms with Crippen LogP contribution >= 0.6 is 0 Å². The summed E-state index contributed by atoms with van der Waals surface area (Å²) in [4.78, 5) is 123. The highest BCUT2D eigenvalue weighted by atomic mass is 19.4. The van der Waals surface area contributed by atoms with Crippen molar-refractivity contribution in [3.05, 3.63) is 107 Å².